The Morgan fingerprint density at radius 1 is 1.13 bits per heavy atom. The van der Waals surface area contributed by atoms with E-state index in [1.165, 1.54) is 39.7 Å². The number of amides is 2. The fraction of sp³-hybridized carbons (Fsp3) is 0.321. The van der Waals surface area contributed by atoms with Gasteiger partial charge in [0.1, 0.15) is 11.3 Å². The number of pyridine rings is 1. The first kappa shape index (κ1) is 25.2. The van der Waals surface area contributed by atoms with Gasteiger partial charge in [-0.25, -0.2) is 14.5 Å². The molecule has 1 fully saturated rings. The Hall–Kier alpha value is -4.47. The van der Waals surface area contributed by atoms with Gasteiger partial charge in [0.25, 0.3) is 5.91 Å². The van der Waals surface area contributed by atoms with Crippen LogP contribution < -0.4 is 20.1 Å². The Kier molecular flexibility index (Phi) is 7.48. The van der Waals surface area contributed by atoms with Crippen molar-refractivity contribution in [2.75, 3.05) is 19.0 Å². The van der Waals surface area contributed by atoms with Crippen LogP contribution in [0.15, 0.2) is 54.9 Å². The van der Waals surface area contributed by atoms with E-state index >= 15 is 0 Å². The molecule has 0 spiro atoms. The Morgan fingerprint density at radius 3 is 2.74 bits per heavy atom. The summed E-state index contributed by atoms with van der Waals surface area (Å²) in [5.74, 6) is 1.47. The second-order valence-corrected chi connectivity index (χ2v) is 9.36. The Balaban J connectivity index is 1.32. The van der Waals surface area contributed by atoms with Gasteiger partial charge in [0.05, 0.1) is 25.6 Å². The number of ether oxygens (including phenoxy) is 2. The van der Waals surface area contributed by atoms with E-state index in [2.05, 4.69) is 25.7 Å². The maximum absolute atomic E-state index is 13.2. The number of anilines is 1. The maximum atomic E-state index is 13.2. The van der Waals surface area contributed by atoms with Gasteiger partial charge in [-0.05, 0) is 43.0 Å². The monoisotopic (exact) mass is 514 g/mol. The van der Waals surface area contributed by atoms with Crippen LogP contribution in [-0.4, -0.2) is 45.1 Å². The van der Waals surface area contributed by atoms with E-state index in [1.807, 2.05) is 24.3 Å². The van der Waals surface area contributed by atoms with Crippen LogP contribution >= 0.6 is 0 Å². The number of hydrogen-bond acceptors (Lipinski definition) is 7. The van der Waals surface area contributed by atoms with Crippen molar-refractivity contribution in [1.29, 1.82) is 0 Å². The molecule has 1 aromatic carbocycles. The quantitative estimate of drug-likeness (QED) is 0.342. The van der Waals surface area contributed by atoms with Gasteiger partial charge in [0, 0.05) is 30.8 Å². The molecular formula is C28H30N6O4. The standard InChI is InChI=1S/C28H30N6O4/c1-18(35)31-25-16-34-26(32-25)12-11-23(33-34)21-13-22(28(37-2)30-15-21)27(36)29-14-20-9-5-6-10-24(20)38-17-19-7-3-4-8-19/h5-6,9-13,15-16,19H,3-4,7-8,14,17H2,1-2H3,(H,29,36)(H,31,35). The lowest BCUT2D eigenvalue weighted by Crippen LogP contribution is -2.24. The van der Waals surface area contributed by atoms with Gasteiger partial charge in [-0.3, -0.25) is 9.59 Å². The summed E-state index contributed by atoms with van der Waals surface area (Å²) in [5, 5.41) is 10.2. The number of aromatic nitrogens is 4. The average Bonchev–Trinajstić information content (AvgIpc) is 3.59. The van der Waals surface area contributed by atoms with Crippen molar-refractivity contribution in [1.82, 2.24) is 24.9 Å². The SMILES string of the molecule is COc1ncc(-c2ccc3nc(NC(C)=O)cn3n2)cc1C(=O)NCc1ccccc1OCC1CCCC1. The van der Waals surface area contributed by atoms with Gasteiger partial charge < -0.3 is 20.1 Å². The van der Waals surface area contributed by atoms with Crippen molar-refractivity contribution < 1.29 is 19.1 Å². The highest BCUT2D eigenvalue weighted by Crippen LogP contribution is 2.27. The molecule has 196 valence electrons. The number of carbonyl (C=O) groups excluding carboxylic acids is 2. The van der Waals surface area contributed by atoms with E-state index < -0.39 is 0 Å². The molecule has 0 atom stereocenters. The molecule has 1 aliphatic rings. The van der Waals surface area contributed by atoms with Crippen molar-refractivity contribution in [2.45, 2.75) is 39.2 Å². The second kappa shape index (κ2) is 11.3. The lowest BCUT2D eigenvalue weighted by molar-refractivity contribution is -0.114. The van der Waals surface area contributed by atoms with E-state index in [1.54, 1.807) is 35.1 Å². The van der Waals surface area contributed by atoms with Gasteiger partial charge in [-0.2, -0.15) is 5.10 Å². The summed E-state index contributed by atoms with van der Waals surface area (Å²) in [6, 6.07) is 13.0. The molecule has 0 unspecified atom stereocenters. The number of hydrogen-bond donors (Lipinski definition) is 2. The van der Waals surface area contributed by atoms with Crippen LogP contribution in [-0.2, 0) is 11.3 Å². The van der Waals surface area contributed by atoms with Gasteiger partial charge in [-0.1, -0.05) is 31.0 Å². The Bertz CT molecular complexity index is 1460. The van der Waals surface area contributed by atoms with Gasteiger partial charge in [-0.15, -0.1) is 0 Å². The predicted molar refractivity (Wildman–Crippen MR) is 142 cm³/mol. The smallest absolute Gasteiger partial charge is 0.257 e. The predicted octanol–water partition coefficient (Wildman–Crippen LogP) is 4.26. The maximum Gasteiger partial charge on any atom is 0.257 e. The number of benzene rings is 1. The van der Waals surface area contributed by atoms with Crippen molar-refractivity contribution in [3.05, 3.63) is 66.0 Å². The van der Waals surface area contributed by atoms with Crippen LogP contribution in [0.25, 0.3) is 16.9 Å². The Morgan fingerprint density at radius 2 is 1.95 bits per heavy atom. The molecule has 0 bridgehead atoms. The second-order valence-electron chi connectivity index (χ2n) is 9.36. The first-order valence-corrected chi connectivity index (χ1v) is 12.7. The molecule has 2 amide bonds. The molecule has 2 N–H and O–H groups in total. The molecule has 0 saturated heterocycles. The normalized spacial score (nSPS) is 13.4. The minimum atomic E-state index is -0.321. The highest BCUT2D eigenvalue weighted by molar-refractivity contribution is 5.97. The van der Waals surface area contributed by atoms with Crippen LogP contribution in [0.3, 0.4) is 0 Å². The van der Waals surface area contributed by atoms with E-state index in [0.29, 0.717) is 47.4 Å². The van der Waals surface area contributed by atoms with E-state index in [-0.39, 0.29) is 17.7 Å². The number of methoxy groups -OCH3 is 1. The zero-order chi connectivity index (χ0) is 26.5. The fourth-order valence-electron chi connectivity index (χ4n) is 4.64. The summed E-state index contributed by atoms with van der Waals surface area (Å²) in [7, 11) is 1.48. The number of nitrogens with zero attached hydrogens (tertiary/aromatic N) is 4. The molecule has 0 aliphatic heterocycles. The molecule has 0 radical (unpaired) electrons. The topological polar surface area (TPSA) is 120 Å². The number of fused-ring (bicyclic) bond motifs is 1. The largest absolute Gasteiger partial charge is 0.493 e. The molecule has 1 aliphatic carbocycles. The summed E-state index contributed by atoms with van der Waals surface area (Å²) in [6.07, 6.45) is 8.18. The lowest BCUT2D eigenvalue weighted by atomic mass is 10.1. The third-order valence-electron chi connectivity index (χ3n) is 6.57. The first-order valence-electron chi connectivity index (χ1n) is 12.7. The third-order valence-corrected chi connectivity index (χ3v) is 6.57. The minimum absolute atomic E-state index is 0.216. The van der Waals surface area contributed by atoms with Gasteiger partial charge in [0.2, 0.25) is 11.8 Å². The molecule has 1 saturated carbocycles. The highest BCUT2D eigenvalue weighted by Gasteiger charge is 2.19. The molecule has 10 nitrogen and oxygen atoms in total. The van der Waals surface area contributed by atoms with Crippen molar-refractivity contribution in [2.24, 2.45) is 5.92 Å². The number of para-hydroxylation sites is 1. The molecule has 38 heavy (non-hydrogen) atoms. The minimum Gasteiger partial charge on any atom is -0.493 e. The summed E-state index contributed by atoms with van der Waals surface area (Å²) < 4.78 is 13.0. The number of imidazole rings is 1. The molecule has 3 heterocycles. The van der Waals surface area contributed by atoms with E-state index in [0.717, 1.165) is 11.3 Å². The fourth-order valence-corrected chi connectivity index (χ4v) is 4.64. The zero-order valence-electron chi connectivity index (χ0n) is 21.4. The van der Waals surface area contributed by atoms with Crippen LogP contribution in [0.4, 0.5) is 5.82 Å². The van der Waals surface area contributed by atoms with Crippen LogP contribution in [0.2, 0.25) is 0 Å². The van der Waals surface area contributed by atoms with Crippen molar-refractivity contribution in [3.8, 4) is 22.9 Å². The van der Waals surface area contributed by atoms with Crippen LogP contribution in [0, 0.1) is 5.92 Å². The van der Waals surface area contributed by atoms with E-state index in [4.69, 9.17) is 9.47 Å². The molecule has 4 aromatic rings. The third kappa shape index (κ3) is 5.74. The average molecular weight is 515 g/mol. The summed E-state index contributed by atoms with van der Waals surface area (Å²) in [4.78, 5) is 33.2. The van der Waals surface area contributed by atoms with Crippen LogP contribution in [0.1, 0.15) is 48.5 Å². The molecular weight excluding hydrogens is 484 g/mol. The highest BCUT2D eigenvalue weighted by atomic mass is 16.5. The number of rotatable bonds is 9. The molecule has 3 aromatic heterocycles. The van der Waals surface area contributed by atoms with Gasteiger partial charge in [0.15, 0.2) is 11.5 Å². The summed E-state index contributed by atoms with van der Waals surface area (Å²) in [6.45, 7) is 2.42. The number of nitrogens with one attached hydrogen (secondary N) is 2. The Labute approximate surface area is 220 Å². The molecule has 5 rings (SSSR count). The molecule has 10 heteroatoms. The van der Waals surface area contributed by atoms with Crippen molar-refractivity contribution in [3.63, 3.8) is 0 Å². The van der Waals surface area contributed by atoms with Gasteiger partial charge >= 0.3 is 0 Å². The van der Waals surface area contributed by atoms with E-state index in [9.17, 15) is 9.59 Å². The summed E-state index contributed by atoms with van der Waals surface area (Å²) >= 11 is 0. The number of carbonyl (C=O) groups is 2. The first-order chi connectivity index (χ1) is 18.5. The summed E-state index contributed by atoms with van der Waals surface area (Å²) in [5.41, 5.74) is 2.99. The lowest BCUT2D eigenvalue weighted by Gasteiger charge is -2.15. The zero-order valence-corrected chi connectivity index (χ0v) is 21.4. The van der Waals surface area contributed by atoms with Crippen LogP contribution in [0.5, 0.6) is 11.6 Å². The van der Waals surface area contributed by atoms with Crippen molar-refractivity contribution >= 4 is 23.3 Å².